The lowest BCUT2D eigenvalue weighted by Crippen LogP contribution is -2.19. The van der Waals surface area contributed by atoms with Gasteiger partial charge in [0.05, 0.1) is 0 Å². The van der Waals surface area contributed by atoms with Crippen LogP contribution in [-0.2, 0) is 24.6 Å². The van der Waals surface area contributed by atoms with Crippen LogP contribution < -0.4 is 9.47 Å². The SMILES string of the molecule is CC(C)(c1ccc(OC(=O)/C=C/C(=O)O)cc1)c1ccc(OC(=O)/C=C/C(=O)O)cc1. The van der Waals surface area contributed by atoms with Crippen molar-refractivity contribution in [1.82, 2.24) is 0 Å². The van der Waals surface area contributed by atoms with Crippen molar-refractivity contribution in [2.45, 2.75) is 19.3 Å². The molecule has 8 heteroatoms. The Kier molecular flexibility index (Phi) is 7.46. The molecule has 0 atom stereocenters. The Hall–Kier alpha value is -4.20. The first-order valence-corrected chi connectivity index (χ1v) is 9.04. The summed E-state index contributed by atoms with van der Waals surface area (Å²) < 4.78 is 10.1. The van der Waals surface area contributed by atoms with E-state index in [1.165, 1.54) is 0 Å². The van der Waals surface area contributed by atoms with Crippen molar-refractivity contribution >= 4 is 23.9 Å². The summed E-state index contributed by atoms with van der Waals surface area (Å²) in [4.78, 5) is 44.0. The third kappa shape index (κ3) is 6.97. The summed E-state index contributed by atoms with van der Waals surface area (Å²) in [7, 11) is 0. The molecule has 31 heavy (non-hydrogen) atoms. The fraction of sp³-hybridized carbons (Fsp3) is 0.130. The second-order valence-corrected chi connectivity index (χ2v) is 6.86. The summed E-state index contributed by atoms with van der Waals surface area (Å²) in [5.41, 5.74) is 1.40. The molecule has 2 aromatic rings. The molecule has 0 saturated heterocycles. The lowest BCUT2D eigenvalue weighted by molar-refractivity contribution is -0.133. The highest BCUT2D eigenvalue weighted by Crippen LogP contribution is 2.33. The second kappa shape index (κ2) is 10.0. The van der Waals surface area contributed by atoms with Gasteiger partial charge in [-0.15, -0.1) is 0 Å². The van der Waals surface area contributed by atoms with E-state index in [1.54, 1.807) is 48.5 Å². The molecular formula is C23H20O8. The lowest BCUT2D eigenvalue weighted by Gasteiger charge is -2.26. The fourth-order valence-electron chi connectivity index (χ4n) is 2.62. The highest BCUT2D eigenvalue weighted by atomic mass is 16.5. The zero-order chi connectivity index (χ0) is 23.0. The molecule has 0 fully saturated rings. The van der Waals surface area contributed by atoms with Gasteiger partial charge in [-0.2, -0.15) is 0 Å². The van der Waals surface area contributed by atoms with Crippen molar-refractivity contribution in [3.05, 3.63) is 84.0 Å². The molecule has 0 unspecified atom stereocenters. The van der Waals surface area contributed by atoms with Gasteiger partial charge in [0, 0.05) is 29.7 Å². The van der Waals surface area contributed by atoms with Crippen molar-refractivity contribution in [3.8, 4) is 11.5 Å². The highest BCUT2D eigenvalue weighted by Gasteiger charge is 2.23. The van der Waals surface area contributed by atoms with Crippen LogP contribution in [0, 0.1) is 0 Å². The van der Waals surface area contributed by atoms with Crippen LogP contribution in [0.25, 0.3) is 0 Å². The average Bonchev–Trinajstić information content (AvgIpc) is 2.71. The van der Waals surface area contributed by atoms with E-state index < -0.39 is 29.3 Å². The van der Waals surface area contributed by atoms with Crippen LogP contribution in [0.2, 0.25) is 0 Å². The first kappa shape index (κ1) is 23.1. The number of hydrogen-bond donors (Lipinski definition) is 2. The molecule has 0 spiro atoms. The first-order valence-electron chi connectivity index (χ1n) is 9.04. The number of carboxylic acids is 2. The molecule has 0 saturated carbocycles. The Balaban J connectivity index is 2.08. The Morgan fingerprint density at radius 2 is 0.968 bits per heavy atom. The van der Waals surface area contributed by atoms with Gasteiger partial charge in [0.25, 0.3) is 0 Å². The van der Waals surface area contributed by atoms with E-state index in [1.807, 2.05) is 13.8 Å². The van der Waals surface area contributed by atoms with E-state index in [0.29, 0.717) is 12.2 Å². The van der Waals surface area contributed by atoms with E-state index in [4.69, 9.17) is 19.7 Å². The quantitative estimate of drug-likeness (QED) is 0.376. The molecule has 0 aliphatic carbocycles. The van der Waals surface area contributed by atoms with Crippen LogP contribution in [0.5, 0.6) is 11.5 Å². The zero-order valence-electron chi connectivity index (χ0n) is 16.8. The Labute approximate surface area is 178 Å². The third-order valence-electron chi connectivity index (χ3n) is 4.31. The van der Waals surface area contributed by atoms with Crippen molar-refractivity contribution in [3.63, 3.8) is 0 Å². The maximum Gasteiger partial charge on any atom is 0.336 e. The Bertz CT molecular complexity index is 945. The normalized spacial score (nSPS) is 11.4. The van der Waals surface area contributed by atoms with E-state index in [-0.39, 0.29) is 11.5 Å². The van der Waals surface area contributed by atoms with Crippen LogP contribution in [0.15, 0.2) is 72.8 Å². The van der Waals surface area contributed by atoms with Crippen molar-refractivity contribution in [2.75, 3.05) is 0 Å². The average molecular weight is 424 g/mol. The highest BCUT2D eigenvalue weighted by molar-refractivity contribution is 5.92. The van der Waals surface area contributed by atoms with Gasteiger partial charge in [0.2, 0.25) is 0 Å². The summed E-state index contributed by atoms with van der Waals surface area (Å²) in [6, 6.07) is 13.6. The minimum Gasteiger partial charge on any atom is -0.478 e. The van der Waals surface area contributed by atoms with Gasteiger partial charge in [0.1, 0.15) is 11.5 Å². The minimum atomic E-state index is -1.24. The van der Waals surface area contributed by atoms with Gasteiger partial charge in [-0.25, -0.2) is 19.2 Å². The molecule has 2 rings (SSSR count). The summed E-state index contributed by atoms with van der Waals surface area (Å²) in [5, 5.41) is 17.0. The summed E-state index contributed by atoms with van der Waals surface area (Å²) >= 11 is 0. The van der Waals surface area contributed by atoms with Crippen molar-refractivity contribution in [2.24, 2.45) is 0 Å². The van der Waals surface area contributed by atoms with Crippen LogP contribution in [0.1, 0.15) is 25.0 Å². The zero-order valence-corrected chi connectivity index (χ0v) is 16.8. The summed E-state index contributed by atoms with van der Waals surface area (Å²) in [5.74, 6) is -3.53. The van der Waals surface area contributed by atoms with Crippen molar-refractivity contribution < 1.29 is 38.9 Å². The molecule has 0 heterocycles. The first-order chi connectivity index (χ1) is 14.6. The number of benzene rings is 2. The Morgan fingerprint density at radius 3 is 1.26 bits per heavy atom. The van der Waals surface area contributed by atoms with Crippen LogP contribution in [-0.4, -0.2) is 34.1 Å². The maximum absolute atomic E-state index is 11.6. The standard InChI is InChI=1S/C23H20O8/c1-23(2,15-3-7-17(8-4-15)30-21(28)13-11-19(24)25)16-5-9-18(10-6-16)31-22(29)14-12-20(26)27/h3-14H,1-2H3,(H,24,25)(H,26,27)/b13-11+,14-12+. The van der Waals surface area contributed by atoms with E-state index >= 15 is 0 Å². The monoisotopic (exact) mass is 424 g/mol. The molecule has 2 aromatic carbocycles. The fourth-order valence-corrected chi connectivity index (χ4v) is 2.62. The van der Waals surface area contributed by atoms with E-state index in [0.717, 1.165) is 23.3 Å². The molecule has 0 aliphatic rings. The maximum atomic E-state index is 11.6. The number of aliphatic carboxylic acids is 2. The van der Waals surface area contributed by atoms with E-state index in [2.05, 4.69) is 0 Å². The molecule has 0 bridgehead atoms. The molecule has 0 aliphatic heterocycles. The van der Waals surface area contributed by atoms with Gasteiger partial charge in [0.15, 0.2) is 0 Å². The molecular weight excluding hydrogens is 404 g/mol. The largest absolute Gasteiger partial charge is 0.478 e. The third-order valence-corrected chi connectivity index (χ3v) is 4.31. The van der Waals surface area contributed by atoms with Gasteiger partial charge in [-0.1, -0.05) is 38.1 Å². The number of ether oxygens (including phenoxy) is 2. The smallest absolute Gasteiger partial charge is 0.336 e. The molecule has 0 radical (unpaired) electrons. The van der Waals surface area contributed by atoms with Gasteiger partial charge >= 0.3 is 23.9 Å². The predicted molar refractivity (Wildman–Crippen MR) is 110 cm³/mol. The number of rotatable bonds is 8. The lowest BCUT2D eigenvalue weighted by atomic mass is 9.78. The molecule has 8 nitrogen and oxygen atoms in total. The molecule has 2 N–H and O–H groups in total. The molecule has 160 valence electrons. The Morgan fingerprint density at radius 1 is 0.645 bits per heavy atom. The van der Waals surface area contributed by atoms with Crippen LogP contribution in [0.3, 0.4) is 0 Å². The number of carboxylic acid groups (broad SMARTS) is 2. The number of carbonyl (C=O) groups excluding carboxylic acids is 2. The van der Waals surface area contributed by atoms with Gasteiger partial charge in [-0.3, -0.25) is 0 Å². The summed E-state index contributed by atoms with van der Waals surface area (Å²) in [6.07, 6.45) is 3.05. The topological polar surface area (TPSA) is 127 Å². The minimum absolute atomic E-state index is 0.274. The number of carbonyl (C=O) groups is 4. The van der Waals surface area contributed by atoms with Gasteiger partial charge in [-0.05, 0) is 35.4 Å². The number of hydrogen-bond acceptors (Lipinski definition) is 6. The number of esters is 2. The molecule has 0 aromatic heterocycles. The van der Waals surface area contributed by atoms with Gasteiger partial charge < -0.3 is 19.7 Å². The predicted octanol–water partition coefficient (Wildman–Crippen LogP) is 3.10. The van der Waals surface area contributed by atoms with Crippen molar-refractivity contribution in [1.29, 1.82) is 0 Å². The van der Waals surface area contributed by atoms with Crippen LogP contribution >= 0.6 is 0 Å². The van der Waals surface area contributed by atoms with E-state index in [9.17, 15) is 19.2 Å². The summed E-state index contributed by atoms with van der Waals surface area (Å²) in [6.45, 7) is 3.97. The van der Waals surface area contributed by atoms with Crippen LogP contribution in [0.4, 0.5) is 0 Å². The second-order valence-electron chi connectivity index (χ2n) is 6.86. The molecule has 0 amide bonds.